The van der Waals surface area contributed by atoms with Crippen molar-refractivity contribution in [3.05, 3.63) is 29.8 Å². The first-order valence-corrected chi connectivity index (χ1v) is 4.84. The van der Waals surface area contributed by atoms with Gasteiger partial charge in [-0.05, 0) is 31.5 Å². The predicted molar refractivity (Wildman–Crippen MR) is 61.9 cm³/mol. The molecule has 1 rings (SSSR count). The number of carbonyl (C=O) groups excluding carboxylic acids is 1. The van der Waals surface area contributed by atoms with Crippen LogP contribution in [-0.4, -0.2) is 20.2 Å². The molecule has 3 heteroatoms. The summed E-state index contributed by atoms with van der Waals surface area (Å²) in [5.74, 6) is 0. The molecule has 0 radical (unpaired) electrons. The average molecular weight is 204 g/mol. The first kappa shape index (κ1) is 11.5. The van der Waals surface area contributed by atoms with E-state index in [1.54, 1.807) is 6.08 Å². The van der Waals surface area contributed by atoms with E-state index in [9.17, 15) is 4.79 Å². The number of aliphatic imine (C=N–C) groups is 1. The lowest BCUT2D eigenvalue weighted by atomic mass is 9.95. The highest BCUT2D eigenvalue weighted by Gasteiger charge is 2.18. The number of benzene rings is 1. The summed E-state index contributed by atoms with van der Waals surface area (Å²) < 4.78 is 0. The smallest absolute Gasteiger partial charge is 0.235 e. The Morgan fingerprint density at radius 3 is 2.13 bits per heavy atom. The van der Waals surface area contributed by atoms with Gasteiger partial charge in [-0.2, -0.15) is 4.99 Å². The van der Waals surface area contributed by atoms with E-state index < -0.39 is 5.54 Å². The minimum atomic E-state index is -0.493. The van der Waals surface area contributed by atoms with Crippen LogP contribution in [0, 0.1) is 0 Å². The molecule has 0 saturated heterocycles. The van der Waals surface area contributed by atoms with Crippen LogP contribution >= 0.6 is 0 Å². The van der Waals surface area contributed by atoms with Crippen LogP contribution < -0.4 is 4.90 Å². The number of nitrogens with zero attached hydrogens (tertiary/aromatic N) is 2. The van der Waals surface area contributed by atoms with Crippen molar-refractivity contribution in [1.82, 2.24) is 0 Å². The van der Waals surface area contributed by atoms with Gasteiger partial charge in [0.15, 0.2) is 0 Å². The average Bonchev–Trinajstić information content (AvgIpc) is 2.18. The molecule has 0 aliphatic rings. The molecule has 15 heavy (non-hydrogen) atoms. The molecule has 0 amide bonds. The number of hydrogen-bond donors (Lipinski definition) is 0. The maximum Gasteiger partial charge on any atom is 0.235 e. The molecular weight excluding hydrogens is 188 g/mol. The molecule has 0 saturated carbocycles. The molecule has 1 aromatic carbocycles. The zero-order valence-electron chi connectivity index (χ0n) is 9.61. The Bertz CT molecular complexity index is 373. The van der Waals surface area contributed by atoms with Gasteiger partial charge in [-0.25, -0.2) is 4.79 Å². The Kier molecular flexibility index (Phi) is 3.28. The molecule has 0 spiro atoms. The Morgan fingerprint density at radius 2 is 1.73 bits per heavy atom. The molecular formula is C12H16N2O. The molecule has 3 nitrogen and oxygen atoms in total. The van der Waals surface area contributed by atoms with Gasteiger partial charge in [0.2, 0.25) is 6.08 Å². The third-order valence-electron chi connectivity index (χ3n) is 2.42. The third-order valence-corrected chi connectivity index (χ3v) is 2.42. The fraction of sp³-hybridized carbons (Fsp3) is 0.417. The van der Waals surface area contributed by atoms with Crippen molar-refractivity contribution in [1.29, 1.82) is 0 Å². The molecule has 0 aliphatic carbocycles. The second-order valence-electron chi connectivity index (χ2n) is 4.20. The van der Waals surface area contributed by atoms with E-state index in [0.29, 0.717) is 0 Å². The highest BCUT2D eigenvalue weighted by Crippen LogP contribution is 2.25. The van der Waals surface area contributed by atoms with Crippen LogP contribution in [0.1, 0.15) is 19.4 Å². The molecule has 0 atom stereocenters. The lowest BCUT2D eigenvalue weighted by Crippen LogP contribution is -2.14. The number of rotatable bonds is 3. The van der Waals surface area contributed by atoms with Crippen LogP contribution in [0.3, 0.4) is 0 Å². The van der Waals surface area contributed by atoms with Crippen molar-refractivity contribution in [2.24, 2.45) is 4.99 Å². The number of hydrogen-bond acceptors (Lipinski definition) is 3. The first-order valence-electron chi connectivity index (χ1n) is 4.84. The summed E-state index contributed by atoms with van der Waals surface area (Å²) in [6.45, 7) is 3.78. The highest BCUT2D eigenvalue weighted by molar-refractivity contribution is 5.47. The normalized spacial score (nSPS) is 10.7. The summed E-state index contributed by atoms with van der Waals surface area (Å²) in [5, 5.41) is 0. The van der Waals surface area contributed by atoms with E-state index in [-0.39, 0.29) is 0 Å². The molecule has 0 bridgehead atoms. The number of isocyanates is 1. The van der Waals surface area contributed by atoms with E-state index >= 15 is 0 Å². The minimum absolute atomic E-state index is 0.493. The van der Waals surface area contributed by atoms with Crippen LogP contribution in [0.15, 0.2) is 29.3 Å². The molecule has 0 heterocycles. The van der Waals surface area contributed by atoms with E-state index in [4.69, 9.17) is 0 Å². The van der Waals surface area contributed by atoms with Gasteiger partial charge in [0.25, 0.3) is 0 Å². The minimum Gasteiger partial charge on any atom is -0.378 e. The van der Waals surface area contributed by atoms with E-state index in [1.165, 1.54) is 0 Å². The Labute approximate surface area is 90.4 Å². The highest BCUT2D eigenvalue weighted by atomic mass is 16.1. The lowest BCUT2D eigenvalue weighted by molar-refractivity contribution is 0.523. The summed E-state index contributed by atoms with van der Waals surface area (Å²) in [7, 11) is 3.98. The van der Waals surface area contributed by atoms with Gasteiger partial charge in [0.05, 0.1) is 5.54 Å². The molecule has 0 fully saturated rings. The molecule has 0 unspecified atom stereocenters. The fourth-order valence-corrected chi connectivity index (χ4v) is 1.35. The third kappa shape index (κ3) is 2.67. The SMILES string of the molecule is CN(C)c1ccc(C(C)(C)N=C=O)cc1. The van der Waals surface area contributed by atoms with Gasteiger partial charge in [0, 0.05) is 19.8 Å². The topological polar surface area (TPSA) is 32.7 Å². The summed E-state index contributed by atoms with van der Waals surface area (Å²) in [4.78, 5) is 16.1. The monoisotopic (exact) mass is 204 g/mol. The lowest BCUT2D eigenvalue weighted by Gasteiger charge is -2.19. The second-order valence-corrected chi connectivity index (χ2v) is 4.20. The maximum atomic E-state index is 10.3. The Morgan fingerprint density at radius 1 is 1.20 bits per heavy atom. The summed E-state index contributed by atoms with van der Waals surface area (Å²) >= 11 is 0. The van der Waals surface area contributed by atoms with Gasteiger partial charge in [-0.3, -0.25) is 0 Å². The summed E-state index contributed by atoms with van der Waals surface area (Å²) in [5.41, 5.74) is 1.65. The van der Waals surface area contributed by atoms with Crippen LogP contribution in [0.25, 0.3) is 0 Å². The van der Waals surface area contributed by atoms with Crippen LogP contribution in [0.5, 0.6) is 0 Å². The zero-order valence-corrected chi connectivity index (χ0v) is 9.61. The van der Waals surface area contributed by atoms with Crippen molar-refractivity contribution in [2.75, 3.05) is 19.0 Å². The maximum absolute atomic E-state index is 10.3. The van der Waals surface area contributed by atoms with E-state index in [2.05, 4.69) is 4.99 Å². The zero-order chi connectivity index (χ0) is 11.5. The van der Waals surface area contributed by atoms with Gasteiger partial charge in [-0.1, -0.05) is 12.1 Å². The Balaban J connectivity index is 3.03. The molecule has 0 N–H and O–H groups in total. The van der Waals surface area contributed by atoms with Gasteiger partial charge < -0.3 is 4.90 Å². The quantitative estimate of drug-likeness (QED) is 0.559. The van der Waals surface area contributed by atoms with Gasteiger partial charge in [-0.15, -0.1) is 0 Å². The Hall–Kier alpha value is -1.60. The van der Waals surface area contributed by atoms with Crippen molar-refractivity contribution in [2.45, 2.75) is 19.4 Å². The van der Waals surface area contributed by atoms with Crippen molar-refractivity contribution >= 4 is 11.8 Å². The number of anilines is 1. The van der Waals surface area contributed by atoms with Gasteiger partial charge in [0.1, 0.15) is 0 Å². The predicted octanol–water partition coefficient (Wildman–Crippen LogP) is 2.32. The molecule has 80 valence electrons. The molecule has 0 aliphatic heterocycles. The first-order chi connectivity index (χ1) is 6.97. The standard InChI is InChI=1S/C12H16N2O/c1-12(2,13-9-15)10-5-7-11(8-6-10)14(3)4/h5-8H,1-4H3. The van der Waals surface area contributed by atoms with Crippen LogP contribution in [0.4, 0.5) is 5.69 Å². The second kappa shape index (κ2) is 4.28. The van der Waals surface area contributed by atoms with Crippen molar-refractivity contribution in [3.8, 4) is 0 Å². The molecule has 1 aromatic rings. The summed E-state index contributed by atoms with van der Waals surface area (Å²) in [6.07, 6.45) is 1.61. The fourth-order valence-electron chi connectivity index (χ4n) is 1.35. The van der Waals surface area contributed by atoms with Crippen molar-refractivity contribution < 1.29 is 4.79 Å². The summed E-state index contributed by atoms with van der Waals surface area (Å²) in [6, 6.07) is 7.99. The van der Waals surface area contributed by atoms with Crippen LogP contribution in [-0.2, 0) is 10.3 Å². The van der Waals surface area contributed by atoms with Crippen molar-refractivity contribution in [3.63, 3.8) is 0 Å². The largest absolute Gasteiger partial charge is 0.378 e. The van der Waals surface area contributed by atoms with E-state index in [1.807, 2.05) is 57.1 Å². The molecule has 0 aromatic heterocycles. The van der Waals surface area contributed by atoms with Gasteiger partial charge >= 0.3 is 0 Å². The van der Waals surface area contributed by atoms with E-state index in [0.717, 1.165) is 11.3 Å². The van der Waals surface area contributed by atoms with Crippen LogP contribution in [0.2, 0.25) is 0 Å².